The van der Waals surface area contributed by atoms with Gasteiger partial charge in [-0.05, 0) is 26.0 Å². The van der Waals surface area contributed by atoms with Crippen molar-refractivity contribution in [1.82, 2.24) is 15.2 Å². The van der Waals surface area contributed by atoms with E-state index in [1.54, 1.807) is 6.20 Å². The minimum Gasteiger partial charge on any atom is -0.436 e. The summed E-state index contributed by atoms with van der Waals surface area (Å²) in [7, 11) is 0. The van der Waals surface area contributed by atoms with Crippen molar-refractivity contribution in [3.8, 4) is 11.6 Å². The predicted octanol–water partition coefficient (Wildman–Crippen LogP) is 1.93. The molecule has 0 spiro atoms. The topological polar surface area (TPSA) is 76.8 Å². The van der Waals surface area contributed by atoms with Gasteiger partial charge in [0.15, 0.2) is 0 Å². The first-order valence-corrected chi connectivity index (χ1v) is 5.06. The number of aromatic nitrogens is 3. The molecule has 1 atom stereocenters. The first-order valence-electron chi connectivity index (χ1n) is 5.06. The number of H-pyrrole nitrogens is 1. The molecule has 2 rings (SSSR count). The molecule has 0 saturated carbocycles. The Hall–Kier alpha value is -1.88. The second kappa shape index (κ2) is 4.32. The molecule has 3 N–H and O–H groups in total. The minimum absolute atomic E-state index is 0.0679. The van der Waals surface area contributed by atoms with Gasteiger partial charge in [0.2, 0.25) is 5.88 Å². The van der Waals surface area contributed by atoms with E-state index in [2.05, 4.69) is 15.2 Å². The maximum atomic E-state index is 5.70. The number of nitrogens with zero attached hydrogens (tertiary/aromatic N) is 2. The normalized spacial score (nSPS) is 12.4. The second-order valence-electron chi connectivity index (χ2n) is 3.70. The average Bonchev–Trinajstić information content (AvgIpc) is 2.65. The standard InChI is InChI=1S/C11H14N4O/c1-7-5-11(15-14-7)16-9-3-4-10(8(2)12)13-6-9/h3-6,8H,12H2,1-2H3,(H,14,15)/t8-/m1/s1. The Kier molecular flexibility index (Phi) is 2.87. The fourth-order valence-corrected chi connectivity index (χ4v) is 1.29. The van der Waals surface area contributed by atoms with Crippen LogP contribution in [0.1, 0.15) is 24.4 Å². The molecule has 0 bridgehead atoms. The third kappa shape index (κ3) is 2.38. The summed E-state index contributed by atoms with van der Waals surface area (Å²) in [6, 6.07) is 5.43. The van der Waals surface area contributed by atoms with Crippen LogP contribution in [0.4, 0.5) is 0 Å². The Balaban J connectivity index is 2.11. The Morgan fingerprint density at radius 1 is 1.44 bits per heavy atom. The first-order chi connectivity index (χ1) is 7.65. The average molecular weight is 218 g/mol. The van der Waals surface area contributed by atoms with Gasteiger partial charge in [-0.2, -0.15) is 0 Å². The van der Waals surface area contributed by atoms with E-state index in [4.69, 9.17) is 10.5 Å². The molecule has 0 amide bonds. The van der Waals surface area contributed by atoms with E-state index in [1.165, 1.54) is 0 Å². The number of hydrogen-bond donors (Lipinski definition) is 2. The van der Waals surface area contributed by atoms with Gasteiger partial charge in [0.25, 0.3) is 0 Å². The fraction of sp³-hybridized carbons (Fsp3) is 0.273. The highest BCUT2D eigenvalue weighted by Gasteiger charge is 2.03. The zero-order valence-electron chi connectivity index (χ0n) is 9.27. The summed E-state index contributed by atoms with van der Waals surface area (Å²) in [6.45, 7) is 3.80. The van der Waals surface area contributed by atoms with Crippen LogP contribution in [0.5, 0.6) is 11.6 Å². The summed E-state index contributed by atoms with van der Waals surface area (Å²) >= 11 is 0. The molecular weight excluding hydrogens is 204 g/mol. The molecule has 0 aliphatic heterocycles. The molecule has 84 valence electrons. The number of ether oxygens (including phenoxy) is 1. The van der Waals surface area contributed by atoms with Crippen LogP contribution in [0.2, 0.25) is 0 Å². The van der Waals surface area contributed by atoms with Crippen LogP contribution in [0, 0.1) is 6.92 Å². The summed E-state index contributed by atoms with van der Waals surface area (Å²) < 4.78 is 5.49. The zero-order valence-corrected chi connectivity index (χ0v) is 9.27. The largest absolute Gasteiger partial charge is 0.436 e. The Morgan fingerprint density at radius 3 is 2.75 bits per heavy atom. The van der Waals surface area contributed by atoms with Crippen molar-refractivity contribution in [3.63, 3.8) is 0 Å². The molecule has 0 fully saturated rings. The number of nitrogens with one attached hydrogen (secondary N) is 1. The van der Waals surface area contributed by atoms with Crippen molar-refractivity contribution in [3.05, 3.63) is 35.8 Å². The van der Waals surface area contributed by atoms with Crippen molar-refractivity contribution in [2.24, 2.45) is 5.73 Å². The Bertz CT molecular complexity index is 461. The minimum atomic E-state index is -0.0679. The van der Waals surface area contributed by atoms with Gasteiger partial charge in [-0.3, -0.25) is 10.1 Å². The van der Waals surface area contributed by atoms with Crippen LogP contribution in [0.25, 0.3) is 0 Å². The molecule has 2 aromatic heterocycles. The molecule has 0 radical (unpaired) electrons. The van der Waals surface area contributed by atoms with Gasteiger partial charge in [0.05, 0.1) is 11.9 Å². The molecule has 0 saturated heterocycles. The third-order valence-corrected chi connectivity index (χ3v) is 2.13. The van der Waals surface area contributed by atoms with E-state index in [0.717, 1.165) is 11.4 Å². The van der Waals surface area contributed by atoms with Crippen molar-refractivity contribution >= 4 is 0 Å². The van der Waals surface area contributed by atoms with E-state index < -0.39 is 0 Å². The summed E-state index contributed by atoms with van der Waals surface area (Å²) in [5.41, 5.74) is 7.49. The Labute approximate surface area is 93.7 Å². The lowest BCUT2D eigenvalue weighted by atomic mass is 10.2. The number of aromatic amines is 1. The fourth-order valence-electron chi connectivity index (χ4n) is 1.29. The highest BCUT2D eigenvalue weighted by Crippen LogP contribution is 2.19. The number of rotatable bonds is 3. The molecule has 0 aromatic carbocycles. The molecule has 0 unspecified atom stereocenters. The number of nitrogens with two attached hydrogens (primary N) is 1. The van der Waals surface area contributed by atoms with Crippen LogP contribution < -0.4 is 10.5 Å². The highest BCUT2D eigenvalue weighted by molar-refractivity contribution is 5.26. The molecule has 0 aliphatic rings. The monoisotopic (exact) mass is 218 g/mol. The Morgan fingerprint density at radius 2 is 2.25 bits per heavy atom. The van der Waals surface area contributed by atoms with Gasteiger partial charge in [-0.25, -0.2) is 0 Å². The molecule has 5 nitrogen and oxygen atoms in total. The van der Waals surface area contributed by atoms with Gasteiger partial charge in [0.1, 0.15) is 5.75 Å². The smallest absolute Gasteiger partial charge is 0.238 e. The molecular formula is C11H14N4O. The summed E-state index contributed by atoms with van der Waals surface area (Å²) in [5, 5.41) is 6.77. The first kappa shape index (κ1) is 10.6. The van der Waals surface area contributed by atoms with Crippen molar-refractivity contribution < 1.29 is 4.74 Å². The summed E-state index contributed by atoms with van der Waals surface area (Å²) in [6.07, 6.45) is 1.64. The number of hydrogen-bond acceptors (Lipinski definition) is 4. The van der Waals surface area contributed by atoms with Crippen molar-refractivity contribution in [1.29, 1.82) is 0 Å². The van der Waals surface area contributed by atoms with Gasteiger partial charge in [0, 0.05) is 17.8 Å². The van der Waals surface area contributed by atoms with E-state index >= 15 is 0 Å². The number of pyridine rings is 1. The maximum absolute atomic E-state index is 5.70. The van der Waals surface area contributed by atoms with Crippen molar-refractivity contribution in [2.75, 3.05) is 0 Å². The lowest BCUT2D eigenvalue weighted by molar-refractivity contribution is 0.458. The van der Waals surface area contributed by atoms with E-state index in [1.807, 2.05) is 32.0 Å². The molecule has 2 aromatic rings. The zero-order chi connectivity index (χ0) is 11.5. The van der Waals surface area contributed by atoms with Crippen LogP contribution >= 0.6 is 0 Å². The highest BCUT2D eigenvalue weighted by atomic mass is 16.5. The summed E-state index contributed by atoms with van der Waals surface area (Å²) in [4.78, 5) is 4.19. The van der Waals surface area contributed by atoms with Gasteiger partial charge in [-0.15, -0.1) is 5.10 Å². The van der Waals surface area contributed by atoms with Crippen molar-refractivity contribution in [2.45, 2.75) is 19.9 Å². The van der Waals surface area contributed by atoms with Crippen LogP contribution in [-0.4, -0.2) is 15.2 Å². The second-order valence-corrected chi connectivity index (χ2v) is 3.70. The molecule has 16 heavy (non-hydrogen) atoms. The molecule has 5 heteroatoms. The van der Waals surface area contributed by atoms with E-state index in [-0.39, 0.29) is 6.04 Å². The third-order valence-electron chi connectivity index (χ3n) is 2.13. The maximum Gasteiger partial charge on any atom is 0.238 e. The van der Waals surface area contributed by atoms with Crippen LogP contribution in [0.3, 0.4) is 0 Å². The van der Waals surface area contributed by atoms with Gasteiger partial charge < -0.3 is 10.5 Å². The lowest BCUT2D eigenvalue weighted by Gasteiger charge is -2.05. The van der Waals surface area contributed by atoms with Crippen LogP contribution in [0.15, 0.2) is 24.4 Å². The molecule has 0 aliphatic carbocycles. The predicted molar refractivity (Wildman–Crippen MR) is 60.2 cm³/mol. The molecule has 2 heterocycles. The quantitative estimate of drug-likeness (QED) is 0.825. The van der Waals surface area contributed by atoms with E-state index in [0.29, 0.717) is 11.6 Å². The van der Waals surface area contributed by atoms with Gasteiger partial charge in [-0.1, -0.05) is 0 Å². The SMILES string of the molecule is Cc1cc(Oc2ccc([C@@H](C)N)nc2)n[nH]1. The van der Waals surface area contributed by atoms with E-state index in [9.17, 15) is 0 Å². The summed E-state index contributed by atoms with van der Waals surface area (Å²) in [5.74, 6) is 1.18. The number of aryl methyl sites for hydroxylation is 1. The lowest BCUT2D eigenvalue weighted by Crippen LogP contribution is -2.06. The van der Waals surface area contributed by atoms with Gasteiger partial charge >= 0.3 is 0 Å². The van der Waals surface area contributed by atoms with Crippen LogP contribution in [-0.2, 0) is 0 Å².